The number of nitrogen functional groups attached to an aromatic ring is 1. The van der Waals surface area contributed by atoms with Crippen molar-refractivity contribution < 1.29 is 38.4 Å². The van der Waals surface area contributed by atoms with Crippen LogP contribution in [0.15, 0.2) is 47.5 Å². The van der Waals surface area contributed by atoms with E-state index >= 15 is 0 Å². The third-order valence-corrected chi connectivity index (χ3v) is 12.6. The number of hydrogen-bond acceptors (Lipinski definition) is 13. The van der Waals surface area contributed by atoms with E-state index < -0.39 is 75.2 Å². The molecule has 7 N–H and O–H groups in total. The normalized spacial score (nSPS) is 23.5. The van der Waals surface area contributed by atoms with Gasteiger partial charge in [-0.2, -0.15) is 0 Å². The Morgan fingerprint density at radius 3 is 2.28 bits per heavy atom. The van der Waals surface area contributed by atoms with Gasteiger partial charge in [-0.25, -0.2) is 9.97 Å². The minimum Gasteiger partial charge on any atom is -0.384 e. The van der Waals surface area contributed by atoms with Gasteiger partial charge in [-0.05, 0) is 87.6 Å². The van der Waals surface area contributed by atoms with Crippen molar-refractivity contribution in [1.82, 2.24) is 35.4 Å². The van der Waals surface area contributed by atoms with Gasteiger partial charge in [0.2, 0.25) is 35.9 Å². The van der Waals surface area contributed by atoms with Crippen molar-refractivity contribution in [3.8, 4) is 0 Å². The van der Waals surface area contributed by atoms with Crippen LogP contribution in [0, 0.1) is 29.1 Å². The van der Waals surface area contributed by atoms with Gasteiger partial charge in [0.05, 0.1) is 11.1 Å². The van der Waals surface area contributed by atoms with E-state index in [9.17, 15) is 43.2 Å². The van der Waals surface area contributed by atoms with Crippen LogP contribution in [0.5, 0.6) is 0 Å². The zero-order chi connectivity index (χ0) is 44.2. The summed E-state index contributed by atoms with van der Waals surface area (Å²) < 4.78 is 1.56. The Morgan fingerprint density at radius 2 is 1.61 bits per heavy atom. The highest BCUT2D eigenvalue weighted by atomic mass is 16.2. The van der Waals surface area contributed by atoms with E-state index in [1.807, 2.05) is 0 Å². The number of anilines is 4. The first-order chi connectivity index (χ1) is 28.7. The number of hydrogen-bond donors (Lipinski definition) is 6. The summed E-state index contributed by atoms with van der Waals surface area (Å²) in [6.07, 6.45) is 4.10. The van der Waals surface area contributed by atoms with Gasteiger partial charge in [-0.3, -0.25) is 63.3 Å². The number of carbonyl (C=O) groups excluding carboxylic acids is 8. The van der Waals surface area contributed by atoms with Gasteiger partial charge >= 0.3 is 0 Å². The molecule has 19 heteroatoms. The van der Waals surface area contributed by atoms with Gasteiger partial charge < -0.3 is 21.7 Å². The van der Waals surface area contributed by atoms with Crippen LogP contribution in [0.3, 0.4) is 0 Å². The Kier molecular flexibility index (Phi) is 10.7. The average Bonchev–Trinajstić information content (AvgIpc) is 3.85. The van der Waals surface area contributed by atoms with Crippen LogP contribution in [-0.2, 0) is 34.4 Å². The van der Waals surface area contributed by atoms with Crippen LogP contribution >= 0.6 is 0 Å². The number of carbonyl (C=O) groups is 8. The van der Waals surface area contributed by atoms with E-state index in [4.69, 9.17) is 5.73 Å². The molecule has 2 aliphatic carbocycles. The molecule has 8 amide bonds. The van der Waals surface area contributed by atoms with E-state index in [-0.39, 0.29) is 53.1 Å². The number of nitrogens with two attached hydrogens (primary N) is 1. The number of nitrogens with one attached hydrogen (secondary N) is 5. The monoisotopic (exact) mass is 836 g/mol. The fraction of sp³-hybridized carbons (Fsp3) is 0.452. The maximum absolute atomic E-state index is 13.9. The minimum atomic E-state index is -1.19. The fourth-order valence-corrected chi connectivity index (χ4v) is 9.29. The van der Waals surface area contributed by atoms with Crippen molar-refractivity contribution in [3.63, 3.8) is 0 Å². The number of aromatic nitrogens is 3. The standard InChI is InChI=1S/C42H48N10O9/c1-22-6-9-27(48-30-17-29(43)44-20-45-30)36(59)52(22)42(46-21-53)14-12-41(13-15-42)18-26(41)32(55)50-38(61)40(4,5)19-39(2,3)37(60)47-23-7-8-24-25(16-23)35(58)51(34(24)57)28-10-11-31(54)49-33(28)56/h6-9,16-17,20-21,26,28H,10-15,18-19H2,1-5H3,(H,46,53)(H,47,60)(H,49,54,56)(H,50,55,61)(H3,43,44,45,48). The summed E-state index contributed by atoms with van der Waals surface area (Å²) >= 11 is 0. The second-order valence-corrected chi connectivity index (χ2v) is 17.8. The minimum absolute atomic E-state index is 0.00147. The lowest BCUT2D eigenvalue weighted by Gasteiger charge is -2.43. The summed E-state index contributed by atoms with van der Waals surface area (Å²) in [5.41, 5.74) is 2.69. The number of aryl methyl sites for hydroxylation is 1. The van der Waals surface area contributed by atoms with Crippen LogP contribution in [0.25, 0.3) is 0 Å². The molecular formula is C42H48N10O9. The second kappa shape index (κ2) is 15.3. The van der Waals surface area contributed by atoms with Gasteiger partial charge in [0.15, 0.2) is 0 Å². The molecule has 19 nitrogen and oxygen atoms in total. The maximum Gasteiger partial charge on any atom is 0.276 e. The Balaban J connectivity index is 0.962. The van der Waals surface area contributed by atoms with E-state index in [1.165, 1.54) is 30.6 Å². The van der Waals surface area contributed by atoms with Gasteiger partial charge in [0, 0.05) is 40.6 Å². The Morgan fingerprint density at radius 1 is 0.918 bits per heavy atom. The molecule has 2 atom stereocenters. The molecular weight excluding hydrogens is 789 g/mol. The smallest absolute Gasteiger partial charge is 0.276 e. The van der Waals surface area contributed by atoms with Crippen molar-refractivity contribution in [3.05, 3.63) is 69.9 Å². The molecule has 1 spiro atoms. The number of imide groups is 3. The molecule has 1 saturated heterocycles. The van der Waals surface area contributed by atoms with Crippen LogP contribution in [0.1, 0.15) is 105 Å². The largest absolute Gasteiger partial charge is 0.384 e. The van der Waals surface area contributed by atoms with Gasteiger partial charge in [0.1, 0.15) is 35.4 Å². The van der Waals surface area contributed by atoms with Crippen molar-refractivity contribution in [2.45, 2.75) is 97.7 Å². The number of piperidine rings is 1. The fourth-order valence-electron chi connectivity index (χ4n) is 9.29. The first-order valence-electron chi connectivity index (χ1n) is 20.0. The van der Waals surface area contributed by atoms with Crippen LogP contribution in [-0.4, -0.2) is 73.2 Å². The van der Waals surface area contributed by atoms with E-state index in [2.05, 4.69) is 36.6 Å². The summed E-state index contributed by atoms with van der Waals surface area (Å²) in [7, 11) is 0. The molecule has 3 fully saturated rings. The molecule has 0 radical (unpaired) electrons. The molecule has 2 aromatic heterocycles. The number of pyridine rings is 1. The molecule has 4 heterocycles. The average molecular weight is 837 g/mol. The van der Waals surface area contributed by atoms with Crippen molar-refractivity contribution in [2.24, 2.45) is 22.2 Å². The number of rotatable bonds is 12. The highest BCUT2D eigenvalue weighted by molar-refractivity contribution is 6.24. The molecule has 1 aromatic carbocycles. The highest BCUT2D eigenvalue weighted by Gasteiger charge is 2.61. The van der Waals surface area contributed by atoms with Crippen molar-refractivity contribution in [1.29, 1.82) is 0 Å². The molecule has 7 rings (SSSR count). The predicted molar refractivity (Wildman–Crippen MR) is 218 cm³/mol. The SMILES string of the molecule is Cc1ccc(Nc2cc(N)ncn2)c(=O)n1C1(NC=O)CCC2(CC1)CC2C(=O)NC(=O)C(C)(C)CC(C)(C)C(=O)Nc1ccc2c(c1)C(=O)N(C1CCC(=O)NC1=O)C2=O. The Labute approximate surface area is 350 Å². The summed E-state index contributed by atoms with van der Waals surface area (Å²) in [4.78, 5) is 126. The van der Waals surface area contributed by atoms with E-state index in [1.54, 1.807) is 51.3 Å². The van der Waals surface area contributed by atoms with E-state index in [0.717, 1.165) is 4.90 Å². The van der Waals surface area contributed by atoms with Crippen molar-refractivity contribution in [2.75, 3.05) is 16.4 Å². The lowest BCUT2D eigenvalue weighted by Crippen LogP contribution is -2.55. The van der Waals surface area contributed by atoms with Gasteiger partial charge in [-0.1, -0.05) is 27.7 Å². The predicted octanol–water partition coefficient (Wildman–Crippen LogP) is 2.38. The molecule has 2 aliphatic heterocycles. The maximum atomic E-state index is 13.9. The quantitative estimate of drug-likeness (QED) is 0.113. The number of fused-ring (bicyclic) bond motifs is 1. The Bertz CT molecular complexity index is 2470. The van der Waals surface area contributed by atoms with E-state index in [0.29, 0.717) is 50.0 Å². The summed E-state index contributed by atoms with van der Waals surface area (Å²) in [5.74, 6) is -3.99. The molecule has 61 heavy (non-hydrogen) atoms. The highest BCUT2D eigenvalue weighted by Crippen LogP contribution is 2.63. The van der Waals surface area contributed by atoms with Crippen LogP contribution < -0.4 is 37.9 Å². The molecule has 2 unspecified atom stereocenters. The zero-order valence-corrected chi connectivity index (χ0v) is 34.5. The molecule has 320 valence electrons. The Hall–Kier alpha value is -6.79. The number of benzene rings is 1. The van der Waals surface area contributed by atoms with Crippen LogP contribution in [0.4, 0.5) is 23.0 Å². The second-order valence-electron chi connectivity index (χ2n) is 17.8. The number of nitrogens with zero attached hydrogens (tertiary/aromatic N) is 4. The third kappa shape index (κ3) is 7.86. The molecule has 2 saturated carbocycles. The molecule has 3 aromatic rings. The number of amides is 8. The third-order valence-electron chi connectivity index (χ3n) is 12.6. The summed E-state index contributed by atoms with van der Waals surface area (Å²) in [6, 6.07) is 7.95. The zero-order valence-electron chi connectivity index (χ0n) is 34.5. The van der Waals surface area contributed by atoms with Crippen LogP contribution in [0.2, 0.25) is 0 Å². The van der Waals surface area contributed by atoms with Gasteiger partial charge in [0.25, 0.3) is 17.4 Å². The molecule has 0 bridgehead atoms. The summed E-state index contributed by atoms with van der Waals surface area (Å²) in [6.45, 7) is 8.34. The molecule has 4 aliphatic rings. The topological polar surface area (TPSA) is 274 Å². The lowest BCUT2D eigenvalue weighted by atomic mass is 9.73. The van der Waals surface area contributed by atoms with Gasteiger partial charge in [-0.15, -0.1) is 0 Å². The first kappa shape index (κ1) is 42.3. The first-order valence-corrected chi connectivity index (χ1v) is 20.0. The van der Waals surface area contributed by atoms with Crippen molar-refractivity contribution >= 4 is 70.8 Å². The lowest BCUT2D eigenvalue weighted by molar-refractivity contribution is -0.139. The summed E-state index contributed by atoms with van der Waals surface area (Å²) in [5, 5.41) is 13.4.